The molecule has 0 bridgehead atoms. The van der Waals surface area contributed by atoms with Crippen molar-refractivity contribution in [3.05, 3.63) is 58.7 Å². The summed E-state index contributed by atoms with van der Waals surface area (Å²) in [6.45, 7) is 11.3. The number of fused-ring (bicyclic) bond motifs is 1. The first kappa shape index (κ1) is 24.5. The molecule has 0 fully saturated rings. The van der Waals surface area contributed by atoms with E-state index in [0.717, 1.165) is 43.5 Å². The molecule has 0 amide bonds. The van der Waals surface area contributed by atoms with Crippen LogP contribution >= 0.6 is 12.2 Å². The minimum Gasteiger partial charge on any atom is -0.385 e. The van der Waals surface area contributed by atoms with Crippen molar-refractivity contribution in [2.24, 2.45) is 0 Å². The predicted molar refractivity (Wildman–Crippen MR) is 141 cm³/mol. The van der Waals surface area contributed by atoms with Crippen LogP contribution in [-0.4, -0.2) is 43.4 Å². The molecule has 174 valence electrons. The molecule has 0 aliphatic carbocycles. The SMILES string of the molecule is CCCCN1CCCc2cc(CN(CCCOC)C(=S)Nc3ccc(C)cc3C)ccc21. The van der Waals surface area contributed by atoms with Crippen LogP contribution in [0.15, 0.2) is 36.4 Å². The Hall–Kier alpha value is -2.11. The van der Waals surface area contributed by atoms with E-state index in [9.17, 15) is 0 Å². The summed E-state index contributed by atoms with van der Waals surface area (Å²) < 4.78 is 5.30. The highest BCUT2D eigenvalue weighted by molar-refractivity contribution is 7.80. The summed E-state index contributed by atoms with van der Waals surface area (Å²) in [5.41, 5.74) is 7.78. The molecule has 0 saturated heterocycles. The number of nitrogens with zero attached hydrogens (tertiary/aromatic N) is 2. The van der Waals surface area contributed by atoms with Crippen molar-refractivity contribution in [3.8, 4) is 0 Å². The third-order valence-electron chi connectivity index (χ3n) is 6.20. The average Bonchev–Trinajstić information content (AvgIpc) is 2.78. The maximum absolute atomic E-state index is 5.85. The molecule has 0 radical (unpaired) electrons. The lowest BCUT2D eigenvalue weighted by Crippen LogP contribution is -2.36. The maximum atomic E-state index is 5.85. The molecule has 32 heavy (non-hydrogen) atoms. The van der Waals surface area contributed by atoms with Gasteiger partial charge in [-0.1, -0.05) is 43.2 Å². The van der Waals surface area contributed by atoms with E-state index < -0.39 is 0 Å². The first-order valence-electron chi connectivity index (χ1n) is 12.0. The molecule has 3 rings (SSSR count). The zero-order valence-corrected chi connectivity index (χ0v) is 21.1. The molecule has 1 aliphatic heterocycles. The summed E-state index contributed by atoms with van der Waals surface area (Å²) in [5, 5.41) is 4.26. The van der Waals surface area contributed by atoms with Crippen LogP contribution in [0.25, 0.3) is 0 Å². The van der Waals surface area contributed by atoms with Crippen LogP contribution in [0.4, 0.5) is 11.4 Å². The zero-order chi connectivity index (χ0) is 22.9. The molecular weight excluding hydrogens is 414 g/mol. The molecule has 5 heteroatoms. The smallest absolute Gasteiger partial charge is 0.173 e. The van der Waals surface area contributed by atoms with Crippen LogP contribution in [-0.2, 0) is 17.7 Å². The van der Waals surface area contributed by atoms with Gasteiger partial charge in [-0.3, -0.25) is 0 Å². The van der Waals surface area contributed by atoms with Gasteiger partial charge in [-0.15, -0.1) is 0 Å². The number of ether oxygens (including phenoxy) is 1. The molecule has 0 saturated carbocycles. The average molecular weight is 454 g/mol. The lowest BCUT2D eigenvalue weighted by atomic mass is 9.98. The number of aryl methyl sites for hydroxylation is 3. The summed E-state index contributed by atoms with van der Waals surface area (Å²) in [7, 11) is 1.75. The Balaban J connectivity index is 1.74. The molecule has 2 aromatic rings. The summed E-state index contributed by atoms with van der Waals surface area (Å²) in [6, 6.07) is 13.4. The number of hydrogen-bond donors (Lipinski definition) is 1. The lowest BCUT2D eigenvalue weighted by molar-refractivity contribution is 0.185. The highest BCUT2D eigenvalue weighted by Gasteiger charge is 2.18. The molecule has 1 heterocycles. The fourth-order valence-electron chi connectivity index (χ4n) is 4.43. The minimum absolute atomic E-state index is 0.735. The van der Waals surface area contributed by atoms with E-state index in [4.69, 9.17) is 17.0 Å². The van der Waals surface area contributed by atoms with Gasteiger partial charge in [0.1, 0.15) is 0 Å². The van der Waals surface area contributed by atoms with Crippen LogP contribution in [0.1, 0.15) is 54.9 Å². The van der Waals surface area contributed by atoms with Crippen molar-refractivity contribution >= 4 is 28.7 Å². The quantitative estimate of drug-likeness (QED) is 0.347. The van der Waals surface area contributed by atoms with E-state index in [1.807, 2.05) is 0 Å². The van der Waals surface area contributed by atoms with E-state index in [0.29, 0.717) is 0 Å². The molecular formula is C27H39N3OS. The van der Waals surface area contributed by atoms with Crippen molar-refractivity contribution in [1.82, 2.24) is 4.90 Å². The number of hydrogen-bond acceptors (Lipinski definition) is 3. The van der Waals surface area contributed by atoms with E-state index in [1.54, 1.807) is 7.11 Å². The molecule has 1 N–H and O–H groups in total. The van der Waals surface area contributed by atoms with Crippen molar-refractivity contribution < 1.29 is 4.74 Å². The van der Waals surface area contributed by atoms with E-state index in [1.165, 1.54) is 60.2 Å². The van der Waals surface area contributed by atoms with Gasteiger partial charge in [-0.2, -0.15) is 0 Å². The van der Waals surface area contributed by atoms with Gasteiger partial charge in [0.25, 0.3) is 0 Å². The van der Waals surface area contributed by atoms with Gasteiger partial charge in [0.05, 0.1) is 0 Å². The molecule has 0 aromatic heterocycles. The van der Waals surface area contributed by atoms with E-state index in [-0.39, 0.29) is 0 Å². The number of nitrogens with one attached hydrogen (secondary N) is 1. The first-order chi connectivity index (χ1) is 15.5. The lowest BCUT2D eigenvalue weighted by Gasteiger charge is -2.32. The Morgan fingerprint density at radius 2 is 2.00 bits per heavy atom. The van der Waals surface area contributed by atoms with Crippen LogP contribution in [0.5, 0.6) is 0 Å². The molecule has 0 unspecified atom stereocenters. The van der Waals surface area contributed by atoms with Gasteiger partial charge >= 0.3 is 0 Å². The number of anilines is 2. The Morgan fingerprint density at radius 3 is 2.75 bits per heavy atom. The zero-order valence-electron chi connectivity index (χ0n) is 20.2. The largest absolute Gasteiger partial charge is 0.385 e. The summed E-state index contributed by atoms with van der Waals surface area (Å²) >= 11 is 5.85. The van der Waals surface area contributed by atoms with Crippen LogP contribution in [0.2, 0.25) is 0 Å². The second kappa shape index (κ2) is 12.2. The second-order valence-electron chi connectivity index (χ2n) is 8.92. The maximum Gasteiger partial charge on any atom is 0.173 e. The Morgan fingerprint density at radius 1 is 1.16 bits per heavy atom. The van der Waals surface area contributed by atoms with Gasteiger partial charge in [0.2, 0.25) is 0 Å². The van der Waals surface area contributed by atoms with E-state index >= 15 is 0 Å². The van der Waals surface area contributed by atoms with Gasteiger partial charge in [-0.05, 0) is 80.6 Å². The highest BCUT2D eigenvalue weighted by atomic mass is 32.1. The number of rotatable bonds is 10. The summed E-state index contributed by atoms with van der Waals surface area (Å²) in [5.74, 6) is 0. The molecule has 0 spiro atoms. The molecule has 0 atom stereocenters. The number of thiocarbonyl (C=S) groups is 1. The van der Waals surface area contributed by atoms with Gasteiger partial charge < -0.3 is 19.9 Å². The number of unbranched alkanes of at least 4 members (excludes halogenated alkanes) is 1. The summed E-state index contributed by atoms with van der Waals surface area (Å²) in [6.07, 6.45) is 5.85. The van der Waals surface area contributed by atoms with Crippen molar-refractivity contribution in [2.45, 2.75) is 59.4 Å². The molecule has 2 aromatic carbocycles. The minimum atomic E-state index is 0.735. The van der Waals surface area contributed by atoms with Crippen molar-refractivity contribution in [2.75, 3.05) is 43.6 Å². The second-order valence-corrected chi connectivity index (χ2v) is 9.31. The monoisotopic (exact) mass is 453 g/mol. The van der Waals surface area contributed by atoms with Crippen LogP contribution in [0.3, 0.4) is 0 Å². The van der Waals surface area contributed by atoms with E-state index in [2.05, 4.69) is 72.3 Å². The topological polar surface area (TPSA) is 27.7 Å². The first-order valence-corrected chi connectivity index (χ1v) is 12.4. The highest BCUT2D eigenvalue weighted by Crippen LogP contribution is 2.29. The third-order valence-corrected chi connectivity index (χ3v) is 6.56. The van der Waals surface area contributed by atoms with Crippen molar-refractivity contribution in [3.63, 3.8) is 0 Å². The third kappa shape index (κ3) is 6.69. The van der Waals surface area contributed by atoms with Crippen LogP contribution in [0, 0.1) is 13.8 Å². The Labute approximate surface area is 199 Å². The van der Waals surface area contributed by atoms with Crippen molar-refractivity contribution in [1.29, 1.82) is 0 Å². The van der Waals surface area contributed by atoms with Gasteiger partial charge in [0, 0.05) is 51.3 Å². The fourth-order valence-corrected chi connectivity index (χ4v) is 4.69. The summed E-state index contributed by atoms with van der Waals surface area (Å²) in [4.78, 5) is 4.84. The Bertz CT molecular complexity index is 898. The number of benzene rings is 2. The van der Waals surface area contributed by atoms with Gasteiger partial charge in [0.15, 0.2) is 5.11 Å². The standard InChI is InChI=1S/C27H39N3OS/c1-5-6-14-29-15-7-9-24-19-23(11-13-26(24)29)20-30(16-8-17-31-4)27(32)28-25-12-10-21(2)18-22(25)3/h10-13,18-19H,5-9,14-17,20H2,1-4H3,(H,28,32). The fraction of sp³-hybridized carbons (Fsp3) is 0.519. The predicted octanol–water partition coefficient (Wildman–Crippen LogP) is 6.09. The van der Waals surface area contributed by atoms with Crippen LogP contribution < -0.4 is 10.2 Å². The normalized spacial score (nSPS) is 13.1. The van der Waals surface area contributed by atoms with Gasteiger partial charge in [-0.25, -0.2) is 0 Å². The molecule has 4 nitrogen and oxygen atoms in total. The number of methoxy groups -OCH3 is 1. The molecule has 1 aliphatic rings. The Kier molecular flexibility index (Phi) is 9.36.